The summed E-state index contributed by atoms with van der Waals surface area (Å²) in [6, 6.07) is 4.29. The fraction of sp³-hybridized carbons (Fsp3) is 0.353. The number of aliphatic hydroxyl groups is 3. The van der Waals surface area contributed by atoms with Crippen LogP contribution in [0.1, 0.15) is 33.8 Å². The van der Waals surface area contributed by atoms with E-state index in [9.17, 15) is 33.3 Å². The molecule has 1 amide bonds. The Labute approximate surface area is 161 Å². The third kappa shape index (κ3) is 4.29. The summed E-state index contributed by atoms with van der Waals surface area (Å²) < 4.78 is 44.3. The molecule has 2 aromatic rings. The zero-order chi connectivity index (χ0) is 21.3. The van der Waals surface area contributed by atoms with Gasteiger partial charge in [-0.25, -0.2) is 9.67 Å². The van der Waals surface area contributed by atoms with Crippen molar-refractivity contribution >= 4 is 18.1 Å². The molecule has 1 aromatic heterocycles. The minimum atomic E-state index is -4.46. The first-order valence-corrected chi connectivity index (χ1v) is 8.36. The van der Waals surface area contributed by atoms with Crippen LogP contribution in [0.5, 0.6) is 0 Å². The first kappa shape index (κ1) is 20.9. The van der Waals surface area contributed by atoms with Crippen molar-refractivity contribution in [3.63, 3.8) is 0 Å². The number of aliphatic hydroxyl groups excluding tert-OH is 3. The number of rotatable bonds is 5. The highest BCUT2D eigenvalue weighted by atomic mass is 19.4. The molecular weight excluding hydrogens is 397 g/mol. The van der Waals surface area contributed by atoms with Crippen molar-refractivity contribution in [2.45, 2.75) is 30.7 Å². The number of nitrogens with zero attached hydrogens (tertiary/aromatic N) is 3. The Balaban J connectivity index is 1.91. The molecule has 29 heavy (non-hydrogen) atoms. The third-order valence-electron chi connectivity index (χ3n) is 4.30. The first-order valence-electron chi connectivity index (χ1n) is 8.36. The number of carbonyl (C=O) groups is 1. The van der Waals surface area contributed by atoms with E-state index in [1.54, 1.807) is 0 Å². The molecule has 0 aliphatic carbocycles. The van der Waals surface area contributed by atoms with Gasteiger partial charge in [-0.05, 0) is 23.8 Å². The topological polar surface area (TPSA) is 144 Å². The summed E-state index contributed by atoms with van der Waals surface area (Å²) in [5, 5.41) is 33.1. The van der Waals surface area contributed by atoms with Gasteiger partial charge in [-0.1, -0.05) is 18.2 Å². The number of aromatic nitrogens is 3. The van der Waals surface area contributed by atoms with Gasteiger partial charge in [0.2, 0.25) is 5.82 Å². The van der Waals surface area contributed by atoms with E-state index in [0.29, 0.717) is 5.56 Å². The summed E-state index contributed by atoms with van der Waals surface area (Å²) in [5.41, 5.74) is 4.77. The standard InChI is InChI=1S/C17H17F3N4O5/c18-17(19,20)9-4-1-8(2-5-9)3-6-11-22-15(14(21)28)23-24(11)16-13(27)12(26)10(7-25)29-16/h1-6,10,12-13,16,25-27H,7H2,(H2,21,28)/b6-3+/t10-,12-,13-,16-/m1/s1. The van der Waals surface area contributed by atoms with E-state index in [0.717, 1.165) is 16.8 Å². The number of ether oxygens (including phenoxy) is 1. The third-order valence-corrected chi connectivity index (χ3v) is 4.30. The zero-order valence-corrected chi connectivity index (χ0v) is 14.7. The highest BCUT2D eigenvalue weighted by Gasteiger charge is 2.44. The molecule has 0 radical (unpaired) electrons. The zero-order valence-electron chi connectivity index (χ0n) is 14.7. The van der Waals surface area contributed by atoms with Crippen molar-refractivity contribution < 1.29 is 38.0 Å². The number of hydrogen-bond donors (Lipinski definition) is 4. The number of amides is 1. The first-order chi connectivity index (χ1) is 13.6. The van der Waals surface area contributed by atoms with Crippen LogP contribution in [0.15, 0.2) is 24.3 Å². The van der Waals surface area contributed by atoms with Gasteiger partial charge >= 0.3 is 6.18 Å². The van der Waals surface area contributed by atoms with Gasteiger partial charge < -0.3 is 25.8 Å². The molecule has 1 aliphatic heterocycles. The smallest absolute Gasteiger partial charge is 0.394 e. The molecule has 1 aromatic carbocycles. The van der Waals surface area contributed by atoms with Crippen molar-refractivity contribution in [3.8, 4) is 0 Å². The number of nitrogens with two attached hydrogens (primary N) is 1. The Morgan fingerprint density at radius 3 is 2.38 bits per heavy atom. The number of carbonyl (C=O) groups excluding carboxylic acids is 1. The van der Waals surface area contributed by atoms with Gasteiger partial charge in [0.25, 0.3) is 5.91 Å². The summed E-state index contributed by atoms with van der Waals surface area (Å²) >= 11 is 0. The van der Waals surface area contributed by atoms with E-state index in [1.807, 2.05) is 0 Å². The maximum atomic E-state index is 12.6. The molecule has 4 atom stereocenters. The van der Waals surface area contributed by atoms with Crippen LogP contribution in [-0.4, -0.2) is 60.9 Å². The lowest BCUT2D eigenvalue weighted by Gasteiger charge is -2.15. The monoisotopic (exact) mass is 414 g/mol. The van der Waals surface area contributed by atoms with Gasteiger partial charge in [0.1, 0.15) is 18.3 Å². The highest BCUT2D eigenvalue weighted by molar-refractivity contribution is 5.89. The van der Waals surface area contributed by atoms with E-state index in [-0.39, 0.29) is 5.82 Å². The normalized spacial score (nSPS) is 25.0. The van der Waals surface area contributed by atoms with Crippen molar-refractivity contribution in [2.75, 3.05) is 6.61 Å². The van der Waals surface area contributed by atoms with Gasteiger partial charge in [-0.2, -0.15) is 13.2 Å². The van der Waals surface area contributed by atoms with Crippen LogP contribution in [0.3, 0.4) is 0 Å². The number of alkyl halides is 3. The van der Waals surface area contributed by atoms with Crippen molar-refractivity contribution in [3.05, 3.63) is 47.0 Å². The number of benzene rings is 1. The van der Waals surface area contributed by atoms with Gasteiger partial charge in [0, 0.05) is 0 Å². The summed E-state index contributed by atoms with van der Waals surface area (Å²) in [4.78, 5) is 15.3. The summed E-state index contributed by atoms with van der Waals surface area (Å²) in [6.07, 6.45) is -6.95. The molecular formula is C17H17F3N4O5. The molecule has 1 aliphatic rings. The van der Waals surface area contributed by atoms with Crippen LogP contribution in [0, 0.1) is 0 Å². The molecule has 9 nitrogen and oxygen atoms in total. The van der Waals surface area contributed by atoms with Crippen LogP contribution in [-0.2, 0) is 10.9 Å². The Hall–Kier alpha value is -2.80. The SMILES string of the molecule is NC(=O)c1nc(/C=C/c2ccc(C(F)(F)F)cc2)n([C@@H]2O[C@H](CO)[C@@H](O)[C@H]2O)n1. The molecule has 12 heteroatoms. The number of halogens is 3. The fourth-order valence-electron chi connectivity index (χ4n) is 2.78. The van der Waals surface area contributed by atoms with Crippen molar-refractivity contribution in [1.82, 2.24) is 14.8 Å². The minimum absolute atomic E-state index is 0.00598. The molecule has 156 valence electrons. The second kappa shape index (κ2) is 7.91. The van der Waals surface area contributed by atoms with Crippen LogP contribution < -0.4 is 5.73 Å². The molecule has 0 saturated carbocycles. The molecule has 5 N–H and O–H groups in total. The summed E-state index contributed by atoms with van der Waals surface area (Å²) in [5.74, 6) is -1.36. The Morgan fingerprint density at radius 1 is 1.21 bits per heavy atom. The maximum Gasteiger partial charge on any atom is 0.416 e. The Morgan fingerprint density at radius 2 is 1.86 bits per heavy atom. The lowest BCUT2D eigenvalue weighted by molar-refractivity contribution is -0.137. The lowest BCUT2D eigenvalue weighted by atomic mass is 10.1. The molecule has 1 saturated heterocycles. The van der Waals surface area contributed by atoms with Gasteiger partial charge in [-0.3, -0.25) is 4.79 Å². The average molecular weight is 414 g/mol. The van der Waals surface area contributed by atoms with Gasteiger partial charge in [0.05, 0.1) is 12.2 Å². The van der Waals surface area contributed by atoms with Gasteiger partial charge in [-0.15, -0.1) is 5.10 Å². The van der Waals surface area contributed by atoms with Crippen LogP contribution in [0.4, 0.5) is 13.2 Å². The number of primary amides is 1. The second-order valence-corrected chi connectivity index (χ2v) is 6.28. The largest absolute Gasteiger partial charge is 0.416 e. The fourth-order valence-corrected chi connectivity index (χ4v) is 2.78. The van der Waals surface area contributed by atoms with Crippen molar-refractivity contribution in [2.24, 2.45) is 5.73 Å². The van der Waals surface area contributed by atoms with Crippen LogP contribution in [0.2, 0.25) is 0 Å². The quantitative estimate of drug-likeness (QED) is 0.546. The maximum absolute atomic E-state index is 12.6. The lowest BCUT2D eigenvalue weighted by Crippen LogP contribution is -2.33. The number of hydrogen-bond acceptors (Lipinski definition) is 7. The summed E-state index contributed by atoms with van der Waals surface area (Å²) in [7, 11) is 0. The van der Waals surface area contributed by atoms with Crippen LogP contribution >= 0.6 is 0 Å². The molecule has 1 fully saturated rings. The van der Waals surface area contributed by atoms with E-state index < -0.39 is 54.6 Å². The van der Waals surface area contributed by atoms with E-state index in [2.05, 4.69) is 10.1 Å². The second-order valence-electron chi connectivity index (χ2n) is 6.28. The molecule has 2 heterocycles. The minimum Gasteiger partial charge on any atom is -0.394 e. The van der Waals surface area contributed by atoms with Crippen LogP contribution in [0.25, 0.3) is 12.2 Å². The Bertz CT molecular complexity index is 913. The molecule has 3 rings (SSSR count). The van der Waals surface area contributed by atoms with Gasteiger partial charge in [0.15, 0.2) is 12.1 Å². The highest BCUT2D eigenvalue weighted by Crippen LogP contribution is 2.31. The molecule has 0 unspecified atom stereocenters. The van der Waals surface area contributed by atoms with Crippen molar-refractivity contribution in [1.29, 1.82) is 0 Å². The van der Waals surface area contributed by atoms with E-state index in [4.69, 9.17) is 10.5 Å². The average Bonchev–Trinajstić information content (AvgIpc) is 3.21. The summed E-state index contributed by atoms with van der Waals surface area (Å²) in [6.45, 7) is -0.567. The predicted molar refractivity (Wildman–Crippen MR) is 91.9 cm³/mol. The van der Waals surface area contributed by atoms with E-state index >= 15 is 0 Å². The molecule has 0 spiro atoms. The Kier molecular flexibility index (Phi) is 5.71. The van der Waals surface area contributed by atoms with E-state index in [1.165, 1.54) is 24.3 Å². The predicted octanol–water partition coefficient (Wildman–Crippen LogP) is 0.178. The molecule has 0 bridgehead atoms.